The fourth-order valence-corrected chi connectivity index (χ4v) is 5.72. The molecule has 1 atom stereocenters. The molecular formula is C32H33N3O5S. The lowest BCUT2D eigenvalue weighted by Gasteiger charge is -2.26. The van der Waals surface area contributed by atoms with E-state index in [4.69, 9.17) is 4.74 Å². The molecular weight excluding hydrogens is 538 g/mol. The van der Waals surface area contributed by atoms with Crippen molar-refractivity contribution in [2.24, 2.45) is 0 Å². The van der Waals surface area contributed by atoms with Gasteiger partial charge in [-0.3, -0.25) is 13.9 Å². The topological polar surface area (TPSA) is 105 Å². The van der Waals surface area contributed by atoms with Crippen molar-refractivity contribution < 1.29 is 22.7 Å². The highest BCUT2D eigenvalue weighted by Crippen LogP contribution is 2.32. The first-order chi connectivity index (χ1) is 19.7. The van der Waals surface area contributed by atoms with Gasteiger partial charge < -0.3 is 15.4 Å². The van der Waals surface area contributed by atoms with Crippen molar-refractivity contribution >= 4 is 33.2 Å². The van der Waals surface area contributed by atoms with E-state index in [1.54, 1.807) is 67.6 Å². The van der Waals surface area contributed by atoms with Crippen LogP contribution in [0.5, 0.6) is 5.75 Å². The maximum Gasteiger partial charge on any atom is 0.264 e. The second-order valence-corrected chi connectivity index (χ2v) is 11.3. The largest absolute Gasteiger partial charge is 0.492 e. The number of nitrogens with one attached hydrogen (secondary N) is 2. The molecule has 41 heavy (non-hydrogen) atoms. The number of sulfonamides is 1. The lowest BCUT2D eigenvalue weighted by Crippen LogP contribution is -2.38. The number of nitrogens with zero attached hydrogens (tertiary/aromatic N) is 1. The van der Waals surface area contributed by atoms with Gasteiger partial charge in [0.05, 0.1) is 34.5 Å². The van der Waals surface area contributed by atoms with Gasteiger partial charge in [-0.05, 0) is 62.7 Å². The smallest absolute Gasteiger partial charge is 0.264 e. The number of hydrogen-bond donors (Lipinski definition) is 2. The van der Waals surface area contributed by atoms with E-state index in [9.17, 15) is 18.0 Å². The van der Waals surface area contributed by atoms with Gasteiger partial charge in [-0.1, -0.05) is 72.3 Å². The Hall–Kier alpha value is -4.63. The number of hydrogen-bond acceptors (Lipinski definition) is 5. The molecule has 212 valence electrons. The zero-order valence-corrected chi connectivity index (χ0v) is 24.0. The third-order valence-corrected chi connectivity index (χ3v) is 8.20. The molecule has 0 heterocycles. The van der Waals surface area contributed by atoms with Crippen LogP contribution in [-0.4, -0.2) is 33.4 Å². The van der Waals surface area contributed by atoms with Crippen LogP contribution >= 0.6 is 0 Å². The Morgan fingerprint density at radius 1 is 0.854 bits per heavy atom. The summed E-state index contributed by atoms with van der Waals surface area (Å²) >= 11 is 0. The molecule has 0 radical (unpaired) electrons. The minimum atomic E-state index is -4.16. The fourth-order valence-electron chi connectivity index (χ4n) is 4.29. The quantitative estimate of drug-likeness (QED) is 0.240. The summed E-state index contributed by atoms with van der Waals surface area (Å²) < 4.78 is 34.4. The Morgan fingerprint density at radius 3 is 2.20 bits per heavy atom. The van der Waals surface area contributed by atoms with E-state index in [1.807, 2.05) is 44.2 Å². The number of aryl methyl sites for hydroxylation is 1. The van der Waals surface area contributed by atoms with E-state index < -0.39 is 22.5 Å². The van der Waals surface area contributed by atoms with Gasteiger partial charge >= 0.3 is 0 Å². The highest BCUT2D eigenvalue weighted by Gasteiger charge is 2.30. The van der Waals surface area contributed by atoms with Gasteiger partial charge in [-0.25, -0.2) is 8.42 Å². The van der Waals surface area contributed by atoms with Crippen LogP contribution in [0.15, 0.2) is 108 Å². The number of ether oxygens (including phenoxy) is 1. The van der Waals surface area contributed by atoms with Crippen molar-refractivity contribution in [1.29, 1.82) is 0 Å². The molecule has 0 aliphatic rings. The summed E-state index contributed by atoms with van der Waals surface area (Å²) in [6.07, 6.45) is 0. The van der Waals surface area contributed by atoms with Crippen molar-refractivity contribution in [2.45, 2.75) is 31.7 Å². The molecule has 2 amide bonds. The number of carbonyl (C=O) groups is 2. The molecule has 0 saturated carbocycles. The van der Waals surface area contributed by atoms with Crippen LogP contribution < -0.4 is 19.7 Å². The standard InChI is InChI=1S/C32H33N3O5S/c1-4-40-30-17-11-10-16-29(30)35(41(38,39)26-20-18-23(2)19-21-26)22-31(36)34-28-15-9-8-14-27(28)32(37)33-24(3)25-12-6-5-7-13-25/h5-21,24H,4,22H2,1-3H3,(H,33,37)(H,34,36)/t24-/m1/s1. The number of anilines is 2. The molecule has 0 fully saturated rings. The van der Waals surface area contributed by atoms with Crippen LogP contribution in [0.1, 0.15) is 41.4 Å². The van der Waals surface area contributed by atoms with E-state index in [0.717, 1.165) is 15.4 Å². The monoisotopic (exact) mass is 571 g/mol. The van der Waals surface area contributed by atoms with Gasteiger partial charge in [0.2, 0.25) is 5.91 Å². The van der Waals surface area contributed by atoms with E-state index in [-0.39, 0.29) is 33.8 Å². The Labute approximate surface area is 241 Å². The SMILES string of the molecule is CCOc1ccccc1N(CC(=O)Nc1ccccc1C(=O)N[C@H](C)c1ccccc1)S(=O)(=O)c1ccc(C)cc1. The summed E-state index contributed by atoms with van der Waals surface area (Å²) in [6, 6.07) is 28.9. The normalized spacial score (nSPS) is 11.8. The van der Waals surface area contributed by atoms with Gasteiger partial charge in [-0.2, -0.15) is 0 Å². The summed E-state index contributed by atoms with van der Waals surface area (Å²) in [5.74, 6) is -0.667. The Balaban J connectivity index is 1.62. The minimum absolute atomic E-state index is 0.0388. The summed E-state index contributed by atoms with van der Waals surface area (Å²) in [5.41, 5.74) is 2.59. The Morgan fingerprint density at radius 2 is 1.49 bits per heavy atom. The summed E-state index contributed by atoms with van der Waals surface area (Å²) in [6.45, 7) is 5.30. The number of rotatable bonds is 11. The van der Waals surface area contributed by atoms with Crippen molar-refractivity contribution in [3.8, 4) is 5.75 Å². The Kier molecular flexibility index (Phi) is 9.41. The molecule has 0 bridgehead atoms. The van der Waals surface area contributed by atoms with Crippen LogP contribution in [0.4, 0.5) is 11.4 Å². The van der Waals surface area contributed by atoms with Crippen molar-refractivity contribution in [2.75, 3.05) is 22.8 Å². The third kappa shape index (κ3) is 7.12. The molecule has 4 aromatic carbocycles. The van der Waals surface area contributed by atoms with Crippen LogP contribution in [-0.2, 0) is 14.8 Å². The number of para-hydroxylation sites is 3. The zero-order valence-electron chi connectivity index (χ0n) is 23.2. The summed E-state index contributed by atoms with van der Waals surface area (Å²) in [7, 11) is -4.16. The van der Waals surface area contributed by atoms with E-state index >= 15 is 0 Å². The first-order valence-corrected chi connectivity index (χ1v) is 14.7. The predicted octanol–water partition coefficient (Wildman–Crippen LogP) is 5.72. The van der Waals surface area contributed by atoms with E-state index in [1.165, 1.54) is 12.1 Å². The lowest BCUT2D eigenvalue weighted by molar-refractivity contribution is -0.114. The van der Waals surface area contributed by atoms with Gasteiger partial charge in [0.1, 0.15) is 12.3 Å². The maximum absolute atomic E-state index is 13.8. The van der Waals surface area contributed by atoms with Gasteiger partial charge in [0.15, 0.2) is 0 Å². The molecule has 9 heteroatoms. The number of benzene rings is 4. The maximum atomic E-state index is 13.8. The summed E-state index contributed by atoms with van der Waals surface area (Å²) in [5, 5.41) is 5.69. The molecule has 4 aromatic rings. The van der Waals surface area contributed by atoms with Gasteiger partial charge in [-0.15, -0.1) is 0 Å². The fraction of sp³-hybridized carbons (Fsp3) is 0.188. The molecule has 0 aromatic heterocycles. The average Bonchev–Trinajstić information content (AvgIpc) is 2.97. The number of amides is 2. The van der Waals surface area contributed by atoms with Crippen molar-refractivity contribution in [3.05, 3.63) is 120 Å². The molecule has 0 spiro atoms. The van der Waals surface area contributed by atoms with Crippen LogP contribution in [0.2, 0.25) is 0 Å². The van der Waals surface area contributed by atoms with Gasteiger partial charge in [0.25, 0.3) is 15.9 Å². The molecule has 2 N–H and O–H groups in total. The summed E-state index contributed by atoms with van der Waals surface area (Å²) in [4.78, 5) is 26.6. The van der Waals surface area contributed by atoms with Crippen LogP contribution in [0.3, 0.4) is 0 Å². The van der Waals surface area contributed by atoms with Crippen molar-refractivity contribution in [1.82, 2.24) is 5.32 Å². The molecule has 8 nitrogen and oxygen atoms in total. The van der Waals surface area contributed by atoms with Gasteiger partial charge in [0, 0.05) is 0 Å². The highest BCUT2D eigenvalue weighted by molar-refractivity contribution is 7.92. The first kappa shape index (κ1) is 29.4. The lowest BCUT2D eigenvalue weighted by atomic mass is 10.1. The molecule has 0 aliphatic heterocycles. The van der Waals surface area contributed by atoms with E-state index in [2.05, 4.69) is 10.6 Å². The Bertz CT molecular complexity index is 1610. The highest BCUT2D eigenvalue weighted by atomic mass is 32.2. The number of carbonyl (C=O) groups excluding carboxylic acids is 2. The third-order valence-electron chi connectivity index (χ3n) is 6.42. The van der Waals surface area contributed by atoms with E-state index in [0.29, 0.717) is 12.4 Å². The van der Waals surface area contributed by atoms with Crippen LogP contribution in [0.25, 0.3) is 0 Å². The second-order valence-electron chi connectivity index (χ2n) is 9.43. The molecule has 0 aliphatic carbocycles. The molecule has 0 saturated heterocycles. The molecule has 4 rings (SSSR count). The second kappa shape index (κ2) is 13.1. The first-order valence-electron chi connectivity index (χ1n) is 13.3. The average molecular weight is 572 g/mol. The zero-order chi connectivity index (χ0) is 29.4. The predicted molar refractivity (Wildman–Crippen MR) is 161 cm³/mol. The minimum Gasteiger partial charge on any atom is -0.492 e. The van der Waals surface area contributed by atoms with Crippen LogP contribution in [0, 0.1) is 6.92 Å². The van der Waals surface area contributed by atoms with Crippen molar-refractivity contribution in [3.63, 3.8) is 0 Å². The molecule has 0 unspecified atom stereocenters.